The van der Waals surface area contributed by atoms with Gasteiger partial charge in [-0.15, -0.1) is 0 Å². The number of rotatable bonds is 8. The van der Waals surface area contributed by atoms with Gasteiger partial charge in [0.05, 0.1) is 30.9 Å². The molecule has 176 valence electrons. The summed E-state index contributed by atoms with van der Waals surface area (Å²) < 4.78 is 7.09. The smallest absolute Gasteiger partial charge is 0.269 e. The monoisotopic (exact) mass is 478 g/mol. The third-order valence-corrected chi connectivity index (χ3v) is 6.39. The van der Waals surface area contributed by atoms with Crippen molar-refractivity contribution in [3.05, 3.63) is 42.2 Å². The Kier molecular flexibility index (Phi) is 6.35. The van der Waals surface area contributed by atoms with Crippen LogP contribution in [0.5, 0.6) is 5.75 Å². The number of amides is 1. The first-order valence-electron chi connectivity index (χ1n) is 11.2. The van der Waals surface area contributed by atoms with Crippen molar-refractivity contribution >= 4 is 34.5 Å². The van der Waals surface area contributed by atoms with Gasteiger partial charge in [0.15, 0.2) is 10.8 Å². The molecule has 0 saturated carbocycles. The minimum Gasteiger partial charge on any atom is -0.497 e. The molecule has 0 radical (unpaired) electrons. The predicted octanol–water partition coefficient (Wildman–Crippen LogP) is 2.98. The quantitative estimate of drug-likeness (QED) is 0.294. The first kappa shape index (κ1) is 22.2. The molecule has 0 bridgehead atoms. The Hall–Kier alpha value is -3.60. The average molecular weight is 479 g/mol. The average Bonchev–Trinajstić information content (AvgIpc) is 3.65. The second-order valence-electron chi connectivity index (χ2n) is 7.99. The van der Waals surface area contributed by atoms with E-state index in [0.717, 1.165) is 46.4 Å². The van der Waals surface area contributed by atoms with E-state index in [-0.39, 0.29) is 5.91 Å². The molecule has 1 aromatic carbocycles. The molecule has 0 aliphatic carbocycles. The maximum atomic E-state index is 12.7. The highest BCUT2D eigenvalue weighted by Gasteiger charge is 2.20. The van der Waals surface area contributed by atoms with Crippen molar-refractivity contribution in [1.82, 2.24) is 35.3 Å². The summed E-state index contributed by atoms with van der Waals surface area (Å²) >= 11 is 1.52. The third-order valence-electron chi connectivity index (χ3n) is 5.84. The second kappa shape index (κ2) is 9.72. The molecule has 0 atom stereocenters. The van der Waals surface area contributed by atoms with Crippen LogP contribution in [0.4, 0.5) is 5.82 Å². The summed E-state index contributed by atoms with van der Waals surface area (Å²) in [6.45, 7) is 2.91. The Bertz CT molecular complexity index is 1310. The van der Waals surface area contributed by atoms with Gasteiger partial charge in [-0.25, -0.2) is 14.6 Å². The van der Waals surface area contributed by atoms with Crippen molar-refractivity contribution in [2.45, 2.75) is 24.5 Å². The number of nitrogens with one attached hydrogen (secondary N) is 2. The van der Waals surface area contributed by atoms with E-state index in [1.165, 1.54) is 24.6 Å². The number of hydrogen-bond acceptors (Lipinski definition) is 8. The molecule has 0 spiro atoms. The van der Waals surface area contributed by atoms with Gasteiger partial charge >= 0.3 is 0 Å². The molecule has 1 aliphatic rings. The topological polar surface area (TPSA) is 114 Å². The standard InChI is InChI=1S/C23H26N8O2S/c1-33-16-7-5-6-15(12-16)18-13-19(29-28-18)22(32)24-8-11-31-21-17(14-25-31)20(26-23(27-21)34-2)30-9-3-4-10-30/h5-7,12-14H,3-4,8-11H2,1-2H3,(H,24,32)(H,28,29). The molecule has 4 heterocycles. The molecule has 3 aromatic heterocycles. The highest BCUT2D eigenvalue weighted by Crippen LogP contribution is 2.28. The molecule has 1 aliphatic heterocycles. The zero-order valence-corrected chi connectivity index (χ0v) is 19.9. The van der Waals surface area contributed by atoms with Crippen LogP contribution in [0.2, 0.25) is 0 Å². The van der Waals surface area contributed by atoms with Crippen LogP contribution in [0.1, 0.15) is 23.3 Å². The number of fused-ring (bicyclic) bond motifs is 1. The number of H-pyrrole nitrogens is 1. The van der Waals surface area contributed by atoms with Crippen LogP contribution in [0.25, 0.3) is 22.3 Å². The summed E-state index contributed by atoms with van der Waals surface area (Å²) in [6, 6.07) is 9.28. The number of ether oxygens (including phenoxy) is 1. The van der Waals surface area contributed by atoms with Gasteiger partial charge in [-0.05, 0) is 37.3 Å². The number of aromatic amines is 1. The van der Waals surface area contributed by atoms with Gasteiger partial charge in [-0.1, -0.05) is 23.9 Å². The van der Waals surface area contributed by atoms with E-state index in [0.29, 0.717) is 24.5 Å². The Morgan fingerprint density at radius 1 is 1.24 bits per heavy atom. The molecule has 5 rings (SSSR count). The lowest BCUT2D eigenvalue weighted by Crippen LogP contribution is -2.28. The Morgan fingerprint density at radius 3 is 2.88 bits per heavy atom. The Labute approximate surface area is 201 Å². The number of nitrogens with zero attached hydrogens (tertiary/aromatic N) is 6. The van der Waals surface area contributed by atoms with Gasteiger partial charge in [0, 0.05) is 25.2 Å². The molecular weight excluding hydrogens is 452 g/mol. The maximum absolute atomic E-state index is 12.7. The van der Waals surface area contributed by atoms with Crippen LogP contribution in [0.15, 0.2) is 41.7 Å². The molecule has 1 fully saturated rings. The number of hydrogen-bond donors (Lipinski definition) is 2. The second-order valence-corrected chi connectivity index (χ2v) is 8.76. The van der Waals surface area contributed by atoms with Crippen LogP contribution in [-0.4, -0.2) is 68.9 Å². The normalized spacial score (nSPS) is 13.5. The van der Waals surface area contributed by atoms with Gasteiger partial charge in [0.25, 0.3) is 5.91 Å². The number of benzene rings is 1. The Morgan fingerprint density at radius 2 is 2.09 bits per heavy atom. The van der Waals surface area contributed by atoms with Crippen LogP contribution >= 0.6 is 11.8 Å². The van der Waals surface area contributed by atoms with Gasteiger partial charge in [0.2, 0.25) is 0 Å². The van der Waals surface area contributed by atoms with E-state index in [9.17, 15) is 4.79 Å². The van der Waals surface area contributed by atoms with E-state index < -0.39 is 0 Å². The van der Waals surface area contributed by atoms with E-state index in [2.05, 4.69) is 30.5 Å². The van der Waals surface area contributed by atoms with Crippen molar-refractivity contribution < 1.29 is 9.53 Å². The number of carbonyl (C=O) groups is 1. The summed E-state index contributed by atoms with van der Waals surface area (Å²) in [6.07, 6.45) is 6.14. The molecule has 0 unspecified atom stereocenters. The van der Waals surface area contributed by atoms with Crippen molar-refractivity contribution in [2.75, 3.05) is 37.9 Å². The predicted molar refractivity (Wildman–Crippen MR) is 131 cm³/mol. The lowest BCUT2D eigenvalue weighted by atomic mass is 10.1. The number of methoxy groups -OCH3 is 1. The first-order chi connectivity index (χ1) is 16.7. The fourth-order valence-corrected chi connectivity index (χ4v) is 4.44. The molecule has 11 heteroatoms. The number of anilines is 1. The molecule has 1 saturated heterocycles. The Balaban J connectivity index is 1.27. The SMILES string of the molecule is COc1cccc(-c2cc(C(=O)NCCn3ncc4c(N5CCCC5)nc(SC)nc43)[nH]n2)c1. The lowest BCUT2D eigenvalue weighted by molar-refractivity contribution is 0.0947. The van der Waals surface area contributed by atoms with Crippen molar-refractivity contribution in [2.24, 2.45) is 0 Å². The summed E-state index contributed by atoms with van der Waals surface area (Å²) in [5.41, 5.74) is 2.73. The summed E-state index contributed by atoms with van der Waals surface area (Å²) in [5.74, 6) is 1.46. The van der Waals surface area contributed by atoms with E-state index >= 15 is 0 Å². The molecule has 34 heavy (non-hydrogen) atoms. The zero-order valence-electron chi connectivity index (χ0n) is 19.1. The van der Waals surface area contributed by atoms with Gasteiger partial charge in [-0.3, -0.25) is 9.89 Å². The fourth-order valence-electron chi connectivity index (χ4n) is 4.08. The molecule has 2 N–H and O–H groups in total. The van der Waals surface area contributed by atoms with Gasteiger partial charge in [0.1, 0.15) is 17.3 Å². The molecule has 1 amide bonds. The van der Waals surface area contributed by atoms with Crippen molar-refractivity contribution in [3.8, 4) is 17.0 Å². The molecular formula is C23H26N8O2S. The van der Waals surface area contributed by atoms with Crippen LogP contribution in [-0.2, 0) is 6.54 Å². The number of thioether (sulfide) groups is 1. The number of aromatic nitrogens is 6. The van der Waals surface area contributed by atoms with Crippen LogP contribution < -0.4 is 15.0 Å². The largest absolute Gasteiger partial charge is 0.497 e. The summed E-state index contributed by atoms with van der Waals surface area (Å²) in [5, 5.41) is 16.2. The van der Waals surface area contributed by atoms with Gasteiger partial charge < -0.3 is 15.0 Å². The maximum Gasteiger partial charge on any atom is 0.269 e. The third kappa shape index (κ3) is 4.43. The minimum atomic E-state index is -0.227. The van der Waals surface area contributed by atoms with Gasteiger partial charge in [-0.2, -0.15) is 10.2 Å². The molecule has 10 nitrogen and oxygen atoms in total. The van der Waals surface area contributed by atoms with E-state index in [1.54, 1.807) is 13.2 Å². The van der Waals surface area contributed by atoms with Crippen molar-refractivity contribution in [3.63, 3.8) is 0 Å². The van der Waals surface area contributed by atoms with E-state index in [1.807, 2.05) is 41.4 Å². The van der Waals surface area contributed by atoms with Crippen molar-refractivity contribution in [1.29, 1.82) is 0 Å². The minimum absolute atomic E-state index is 0.227. The molecule has 4 aromatic rings. The fraction of sp³-hybridized carbons (Fsp3) is 0.348. The number of carbonyl (C=O) groups excluding carboxylic acids is 1. The highest BCUT2D eigenvalue weighted by molar-refractivity contribution is 7.98. The first-order valence-corrected chi connectivity index (χ1v) is 12.4. The summed E-state index contributed by atoms with van der Waals surface area (Å²) in [7, 11) is 1.62. The lowest BCUT2D eigenvalue weighted by Gasteiger charge is -2.17. The highest BCUT2D eigenvalue weighted by atomic mass is 32.2. The summed E-state index contributed by atoms with van der Waals surface area (Å²) in [4.78, 5) is 24.4. The van der Waals surface area contributed by atoms with E-state index in [4.69, 9.17) is 9.72 Å². The van der Waals surface area contributed by atoms with Crippen LogP contribution in [0.3, 0.4) is 0 Å². The zero-order chi connectivity index (χ0) is 23.5. The van der Waals surface area contributed by atoms with Crippen LogP contribution in [0, 0.1) is 0 Å².